The van der Waals surface area contributed by atoms with Crippen LogP contribution in [0.25, 0.3) is 0 Å². The maximum absolute atomic E-state index is 10.8. The summed E-state index contributed by atoms with van der Waals surface area (Å²) in [7, 11) is 0. The van der Waals surface area contributed by atoms with Crippen molar-refractivity contribution in [1.82, 2.24) is 0 Å². The van der Waals surface area contributed by atoms with E-state index < -0.39 is 5.79 Å². The molecule has 0 aliphatic carbocycles. The molecule has 0 amide bonds. The number of hydrogen-bond donors (Lipinski definition) is 0. The number of benzene rings is 1. The van der Waals surface area contributed by atoms with Gasteiger partial charge in [0.25, 0.3) is 0 Å². The summed E-state index contributed by atoms with van der Waals surface area (Å²) in [5, 5.41) is 10.8. The zero-order chi connectivity index (χ0) is 13.0. The second kappa shape index (κ2) is 5.46. The third kappa shape index (κ3) is 3.27. The van der Waals surface area contributed by atoms with Crippen molar-refractivity contribution < 1.29 is 14.4 Å². The van der Waals surface area contributed by atoms with E-state index in [-0.39, 0.29) is 17.4 Å². The zero-order valence-electron chi connectivity index (χ0n) is 10.4. The molecular weight excluding hydrogens is 234 g/mol. The molecule has 5 heteroatoms. The van der Waals surface area contributed by atoms with Crippen LogP contribution in [-0.2, 0) is 9.47 Å². The topological polar surface area (TPSA) is 61.6 Å². The molecule has 0 spiro atoms. The molecule has 1 aliphatic heterocycles. The molecule has 1 heterocycles. The summed E-state index contributed by atoms with van der Waals surface area (Å²) in [5.41, 5.74) is 0.953. The van der Waals surface area contributed by atoms with Crippen LogP contribution in [0.4, 0.5) is 0 Å². The van der Waals surface area contributed by atoms with Crippen molar-refractivity contribution in [3.8, 4) is 0 Å². The van der Waals surface area contributed by atoms with Gasteiger partial charge in [-0.15, -0.1) is 0 Å². The summed E-state index contributed by atoms with van der Waals surface area (Å²) in [6.07, 6.45) is 0.498. The SMILES string of the molecule is CC1(CC(C[N+](=O)[O-])c2ccccc2)OCCO1. The molecule has 1 aromatic carbocycles. The summed E-state index contributed by atoms with van der Waals surface area (Å²) in [6, 6.07) is 9.50. The van der Waals surface area contributed by atoms with Gasteiger partial charge in [0.1, 0.15) is 0 Å². The number of nitrogens with zero attached hydrogens (tertiary/aromatic N) is 1. The lowest BCUT2D eigenvalue weighted by atomic mass is 9.92. The maximum atomic E-state index is 10.8. The fourth-order valence-electron chi connectivity index (χ4n) is 2.32. The van der Waals surface area contributed by atoms with Crippen LogP contribution in [0.1, 0.15) is 24.8 Å². The van der Waals surface area contributed by atoms with E-state index in [2.05, 4.69) is 0 Å². The van der Waals surface area contributed by atoms with Crippen molar-refractivity contribution >= 4 is 0 Å². The lowest BCUT2D eigenvalue weighted by molar-refractivity contribution is -0.484. The highest BCUT2D eigenvalue weighted by atomic mass is 16.7. The molecule has 2 rings (SSSR count). The largest absolute Gasteiger partial charge is 0.348 e. The normalized spacial score (nSPS) is 19.6. The molecule has 1 unspecified atom stereocenters. The summed E-state index contributed by atoms with van der Waals surface area (Å²) in [4.78, 5) is 10.5. The molecule has 18 heavy (non-hydrogen) atoms. The van der Waals surface area contributed by atoms with E-state index in [1.807, 2.05) is 37.3 Å². The minimum atomic E-state index is -0.698. The maximum Gasteiger partial charge on any atom is 0.210 e. The van der Waals surface area contributed by atoms with Gasteiger partial charge in [0, 0.05) is 11.3 Å². The minimum Gasteiger partial charge on any atom is -0.348 e. The van der Waals surface area contributed by atoms with E-state index in [0.717, 1.165) is 5.56 Å². The zero-order valence-corrected chi connectivity index (χ0v) is 10.4. The van der Waals surface area contributed by atoms with E-state index in [1.165, 1.54) is 0 Å². The van der Waals surface area contributed by atoms with Crippen LogP contribution in [0, 0.1) is 10.1 Å². The Balaban J connectivity index is 2.12. The van der Waals surface area contributed by atoms with Gasteiger partial charge < -0.3 is 9.47 Å². The van der Waals surface area contributed by atoms with E-state index in [1.54, 1.807) is 0 Å². The van der Waals surface area contributed by atoms with Crippen LogP contribution in [0.2, 0.25) is 0 Å². The molecule has 1 saturated heterocycles. The molecule has 1 atom stereocenters. The molecule has 98 valence electrons. The fourth-order valence-corrected chi connectivity index (χ4v) is 2.32. The first-order valence-electron chi connectivity index (χ1n) is 6.04. The van der Waals surface area contributed by atoms with Crippen molar-refractivity contribution in [1.29, 1.82) is 0 Å². The van der Waals surface area contributed by atoms with Gasteiger partial charge in [-0.2, -0.15) is 0 Å². The predicted octanol–water partition coefficient (Wildman–Crippen LogP) is 2.20. The molecule has 0 bridgehead atoms. The van der Waals surface area contributed by atoms with E-state index >= 15 is 0 Å². The average Bonchev–Trinajstić information content (AvgIpc) is 2.76. The molecule has 0 saturated carbocycles. The van der Waals surface area contributed by atoms with E-state index in [4.69, 9.17) is 9.47 Å². The highest BCUT2D eigenvalue weighted by Crippen LogP contribution is 2.32. The molecule has 1 fully saturated rings. The van der Waals surface area contributed by atoms with Crippen molar-refractivity contribution in [2.24, 2.45) is 0 Å². The molecule has 0 N–H and O–H groups in total. The number of rotatable bonds is 5. The Morgan fingerprint density at radius 3 is 2.50 bits per heavy atom. The Labute approximate surface area is 106 Å². The summed E-state index contributed by atoms with van der Waals surface area (Å²) < 4.78 is 11.1. The summed E-state index contributed by atoms with van der Waals surface area (Å²) in [5.74, 6) is -0.888. The van der Waals surface area contributed by atoms with Crippen LogP contribution in [-0.4, -0.2) is 30.5 Å². The number of hydrogen-bond acceptors (Lipinski definition) is 4. The van der Waals surface area contributed by atoms with Gasteiger partial charge in [-0.25, -0.2) is 0 Å². The van der Waals surface area contributed by atoms with Crippen LogP contribution in [0.3, 0.4) is 0 Å². The smallest absolute Gasteiger partial charge is 0.210 e. The lowest BCUT2D eigenvalue weighted by Crippen LogP contribution is -2.30. The van der Waals surface area contributed by atoms with Crippen molar-refractivity contribution in [3.63, 3.8) is 0 Å². The van der Waals surface area contributed by atoms with Gasteiger partial charge in [-0.3, -0.25) is 10.1 Å². The first-order chi connectivity index (χ1) is 8.59. The van der Waals surface area contributed by atoms with Gasteiger partial charge in [0.2, 0.25) is 6.54 Å². The van der Waals surface area contributed by atoms with Gasteiger partial charge in [0.05, 0.1) is 19.1 Å². The first-order valence-corrected chi connectivity index (χ1v) is 6.04. The molecule has 0 aromatic heterocycles. The summed E-state index contributed by atoms with van der Waals surface area (Å²) in [6.45, 7) is 2.84. The van der Waals surface area contributed by atoms with Gasteiger partial charge in [-0.1, -0.05) is 30.3 Å². The monoisotopic (exact) mass is 251 g/mol. The minimum absolute atomic E-state index is 0.105. The van der Waals surface area contributed by atoms with Crippen LogP contribution in [0.15, 0.2) is 30.3 Å². The quantitative estimate of drug-likeness (QED) is 0.594. The highest BCUT2D eigenvalue weighted by molar-refractivity contribution is 5.20. The Kier molecular flexibility index (Phi) is 3.93. The predicted molar refractivity (Wildman–Crippen MR) is 66.0 cm³/mol. The third-order valence-corrected chi connectivity index (χ3v) is 3.16. The average molecular weight is 251 g/mol. The van der Waals surface area contributed by atoms with E-state index in [9.17, 15) is 10.1 Å². The fraction of sp³-hybridized carbons (Fsp3) is 0.538. The second-order valence-electron chi connectivity index (χ2n) is 4.66. The van der Waals surface area contributed by atoms with E-state index in [0.29, 0.717) is 19.6 Å². The number of ether oxygens (including phenoxy) is 2. The molecule has 5 nitrogen and oxygen atoms in total. The number of nitro groups is 1. The third-order valence-electron chi connectivity index (χ3n) is 3.16. The molecule has 1 aliphatic rings. The standard InChI is InChI=1S/C13H17NO4/c1-13(17-7-8-18-13)9-12(10-14(15)16)11-5-3-2-4-6-11/h2-6,12H,7-10H2,1H3. The van der Waals surface area contributed by atoms with Crippen molar-refractivity contribution in [3.05, 3.63) is 46.0 Å². The first kappa shape index (κ1) is 13.0. The van der Waals surface area contributed by atoms with Crippen molar-refractivity contribution in [2.45, 2.75) is 25.0 Å². The Bertz CT molecular complexity index is 401. The van der Waals surface area contributed by atoms with Crippen LogP contribution >= 0.6 is 0 Å². The Hall–Kier alpha value is -1.46. The Morgan fingerprint density at radius 1 is 1.33 bits per heavy atom. The highest BCUT2D eigenvalue weighted by Gasteiger charge is 2.36. The second-order valence-corrected chi connectivity index (χ2v) is 4.66. The molecular formula is C13H17NO4. The van der Waals surface area contributed by atoms with Crippen LogP contribution < -0.4 is 0 Å². The molecule has 1 aromatic rings. The van der Waals surface area contributed by atoms with Crippen molar-refractivity contribution in [2.75, 3.05) is 19.8 Å². The van der Waals surface area contributed by atoms with Gasteiger partial charge in [-0.05, 0) is 12.5 Å². The van der Waals surface area contributed by atoms with Gasteiger partial charge in [0.15, 0.2) is 5.79 Å². The van der Waals surface area contributed by atoms with Crippen LogP contribution in [0.5, 0.6) is 0 Å². The lowest BCUT2D eigenvalue weighted by Gasteiger charge is -2.26. The molecule has 0 radical (unpaired) electrons. The Morgan fingerprint density at radius 2 is 1.94 bits per heavy atom. The van der Waals surface area contributed by atoms with Gasteiger partial charge >= 0.3 is 0 Å². The summed E-state index contributed by atoms with van der Waals surface area (Å²) >= 11 is 0.